The molecule has 164 valence electrons. The molecule has 0 spiro atoms. The predicted octanol–water partition coefficient (Wildman–Crippen LogP) is 5.26. The van der Waals surface area contributed by atoms with Crippen LogP contribution in [-0.2, 0) is 30.4 Å². The van der Waals surface area contributed by atoms with Crippen molar-refractivity contribution < 1.29 is 9.47 Å². The van der Waals surface area contributed by atoms with E-state index in [0.717, 1.165) is 62.8 Å². The third-order valence-electron chi connectivity index (χ3n) is 5.73. The Kier molecular flexibility index (Phi) is 8.56. The zero-order valence-corrected chi connectivity index (χ0v) is 18.8. The fourth-order valence-corrected chi connectivity index (χ4v) is 4.09. The Morgan fingerprint density at radius 3 is 2.47 bits per heavy atom. The molecule has 1 aliphatic heterocycles. The van der Waals surface area contributed by atoms with E-state index in [-0.39, 0.29) is 11.5 Å². The van der Waals surface area contributed by atoms with Crippen molar-refractivity contribution in [3.8, 4) is 5.88 Å². The minimum absolute atomic E-state index is 0.0790. The number of H-pyrrole nitrogens is 1. The third kappa shape index (κ3) is 6.73. The second-order valence-electron chi connectivity index (χ2n) is 8.92. The zero-order valence-electron chi connectivity index (χ0n) is 18.8. The maximum Gasteiger partial charge on any atom is 0.194 e. The number of nitrogens with one attached hydrogen (secondary N) is 1. The van der Waals surface area contributed by atoms with E-state index in [2.05, 4.69) is 50.0 Å². The van der Waals surface area contributed by atoms with E-state index >= 15 is 0 Å². The SMILES string of the molecule is CCCc1ccc(CCc2[nH]c(OCC3CCCCO3)cc(=O)c2CC(C)C)cc1. The Morgan fingerprint density at radius 2 is 1.83 bits per heavy atom. The Labute approximate surface area is 181 Å². The topological polar surface area (TPSA) is 51.3 Å². The number of aromatic nitrogens is 1. The van der Waals surface area contributed by atoms with Gasteiger partial charge in [-0.3, -0.25) is 4.79 Å². The highest BCUT2D eigenvalue weighted by molar-refractivity contribution is 5.29. The summed E-state index contributed by atoms with van der Waals surface area (Å²) in [6.45, 7) is 7.81. The molecule has 2 aromatic rings. The average molecular weight is 412 g/mol. The summed E-state index contributed by atoms with van der Waals surface area (Å²) >= 11 is 0. The van der Waals surface area contributed by atoms with Gasteiger partial charge in [0.05, 0.1) is 6.10 Å². The zero-order chi connectivity index (χ0) is 21.3. The standard InChI is InChI=1S/C26H37NO3/c1-4-7-20-9-11-21(12-10-20)13-14-24-23(16-19(2)3)25(28)17-26(27-24)30-18-22-8-5-6-15-29-22/h9-12,17,19,22H,4-8,13-16,18H2,1-3H3,(H,27,28). The van der Waals surface area contributed by atoms with Gasteiger partial charge in [-0.05, 0) is 62.0 Å². The summed E-state index contributed by atoms with van der Waals surface area (Å²) in [6.07, 6.45) is 8.24. The first-order valence-electron chi connectivity index (χ1n) is 11.6. The summed E-state index contributed by atoms with van der Waals surface area (Å²) in [5.74, 6) is 0.996. The first-order chi connectivity index (χ1) is 14.5. The molecule has 2 heterocycles. The molecule has 1 N–H and O–H groups in total. The minimum atomic E-state index is 0.0790. The largest absolute Gasteiger partial charge is 0.476 e. The molecule has 1 unspecified atom stereocenters. The number of hydrogen-bond donors (Lipinski definition) is 1. The summed E-state index contributed by atoms with van der Waals surface area (Å²) in [6, 6.07) is 10.5. The number of ether oxygens (including phenoxy) is 2. The second-order valence-corrected chi connectivity index (χ2v) is 8.92. The smallest absolute Gasteiger partial charge is 0.194 e. The lowest BCUT2D eigenvalue weighted by Crippen LogP contribution is -2.26. The molecule has 1 aromatic carbocycles. The Bertz CT molecular complexity index is 832. The van der Waals surface area contributed by atoms with Crippen LogP contribution in [-0.4, -0.2) is 24.3 Å². The molecule has 0 amide bonds. The van der Waals surface area contributed by atoms with E-state index in [1.165, 1.54) is 17.5 Å². The lowest BCUT2D eigenvalue weighted by atomic mass is 9.97. The van der Waals surface area contributed by atoms with E-state index in [4.69, 9.17) is 9.47 Å². The molecule has 1 aromatic heterocycles. The van der Waals surface area contributed by atoms with Gasteiger partial charge in [0.25, 0.3) is 0 Å². The summed E-state index contributed by atoms with van der Waals surface area (Å²) in [5.41, 5.74) is 4.67. The predicted molar refractivity (Wildman–Crippen MR) is 123 cm³/mol. The van der Waals surface area contributed by atoms with Crippen LogP contribution in [0.15, 0.2) is 35.1 Å². The van der Waals surface area contributed by atoms with Gasteiger partial charge in [-0.1, -0.05) is 51.5 Å². The second kappa shape index (κ2) is 11.4. The molecular weight excluding hydrogens is 374 g/mol. The minimum Gasteiger partial charge on any atom is -0.476 e. The van der Waals surface area contributed by atoms with Gasteiger partial charge in [-0.15, -0.1) is 0 Å². The van der Waals surface area contributed by atoms with Crippen LogP contribution in [0.25, 0.3) is 0 Å². The van der Waals surface area contributed by atoms with Gasteiger partial charge < -0.3 is 14.5 Å². The molecule has 0 bridgehead atoms. The number of hydrogen-bond acceptors (Lipinski definition) is 3. The first kappa shape index (κ1) is 22.6. The summed E-state index contributed by atoms with van der Waals surface area (Å²) in [5, 5.41) is 0. The van der Waals surface area contributed by atoms with Gasteiger partial charge in [0.1, 0.15) is 6.61 Å². The van der Waals surface area contributed by atoms with Crippen molar-refractivity contribution in [3.63, 3.8) is 0 Å². The van der Waals surface area contributed by atoms with E-state index in [1.807, 2.05) is 0 Å². The molecule has 30 heavy (non-hydrogen) atoms. The average Bonchev–Trinajstić information content (AvgIpc) is 2.74. The highest BCUT2D eigenvalue weighted by Crippen LogP contribution is 2.18. The summed E-state index contributed by atoms with van der Waals surface area (Å²) < 4.78 is 11.7. The normalized spacial score (nSPS) is 16.7. The Hall–Kier alpha value is -2.07. The van der Waals surface area contributed by atoms with Gasteiger partial charge in [0, 0.05) is 23.9 Å². The first-order valence-corrected chi connectivity index (χ1v) is 11.6. The van der Waals surface area contributed by atoms with Gasteiger partial charge in [-0.25, -0.2) is 0 Å². The van der Waals surface area contributed by atoms with Crippen LogP contribution < -0.4 is 10.2 Å². The summed E-state index contributed by atoms with van der Waals surface area (Å²) in [4.78, 5) is 16.3. The monoisotopic (exact) mass is 411 g/mol. The molecule has 4 nitrogen and oxygen atoms in total. The maximum atomic E-state index is 12.8. The fraction of sp³-hybridized carbons (Fsp3) is 0.577. The van der Waals surface area contributed by atoms with Gasteiger partial charge in [-0.2, -0.15) is 0 Å². The highest BCUT2D eigenvalue weighted by Gasteiger charge is 2.16. The molecule has 0 aliphatic carbocycles. The van der Waals surface area contributed by atoms with Crippen LogP contribution in [0.4, 0.5) is 0 Å². The molecule has 1 fully saturated rings. The quantitative estimate of drug-likeness (QED) is 0.580. The van der Waals surface area contributed by atoms with Crippen LogP contribution >= 0.6 is 0 Å². The van der Waals surface area contributed by atoms with Gasteiger partial charge in [0.2, 0.25) is 0 Å². The number of aromatic amines is 1. The van der Waals surface area contributed by atoms with Crippen LogP contribution in [0.5, 0.6) is 5.88 Å². The Morgan fingerprint density at radius 1 is 1.10 bits per heavy atom. The number of rotatable bonds is 10. The number of aryl methyl sites for hydroxylation is 3. The van der Waals surface area contributed by atoms with Crippen LogP contribution in [0.1, 0.15) is 68.8 Å². The van der Waals surface area contributed by atoms with Crippen molar-refractivity contribution in [2.45, 2.75) is 78.2 Å². The van der Waals surface area contributed by atoms with E-state index in [1.54, 1.807) is 6.07 Å². The molecule has 0 radical (unpaired) electrons. The molecule has 1 atom stereocenters. The lowest BCUT2D eigenvalue weighted by Gasteiger charge is -2.23. The molecule has 4 heteroatoms. The summed E-state index contributed by atoms with van der Waals surface area (Å²) in [7, 11) is 0. The van der Waals surface area contributed by atoms with E-state index in [0.29, 0.717) is 18.4 Å². The van der Waals surface area contributed by atoms with E-state index in [9.17, 15) is 4.79 Å². The van der Waals surface area contributed by atoms with Crippen molar-refractivity contribution in [3.05, 3.63) is 62.9 Å². The fourth-order valence-electron chi connectivity index (χ4n) is 4.09. The molecule has 1 saturated heterocycles. The number of benzene rings is 1. The van der Waals surface area contributed by atoms with Crippen molar-refractivity contribution in [1.82, 2.24) is 4.98 Å². The van der Waals surface area contributed by atoms with Crippen molar-refractivity contribution in [2.75, 3.05) is 13.2 Å². The molecule has 1 aliphatic rings. The van der Waals surface area contributed by atoms with Crippen molar-refractivity contribution in [2.24, 2.45) is 5.92 Å². The van der Waals surface area contributed by atoms with Crippen molar-refractivity contribution in [1.29, 1.82) is 0 Å². The van der Waals surface area contributed by atoms with Gasteiger partial charge in [0.15, 0.2) is 11.3 Å². The highest BCUT2D eigenvalue weighted by atomic mass is 16.5. The third-order valence-corrected chi connectivity index (χ3v) is 5.73. The van der Waals surface area contributed by atoms with E-state index < -0.39 is 0 Å². The maximum absolute atomic E-state index is 12.8. The molecule has 3 rings (SSSR count). The van der Waals surface area contributed by atoms with Crippen LogP contribution in [0, 0.1) is 5.92 Å². The van der Waals surface area contributed by atoms with Crippen molar-refractivity contribution >= 4 is 0 Å². The lowest BCUT2D eigenvalue weighted by molar-refractivity contribution is -0.0120. The van der Waals surface area contributed by atoms with Gasteiger partial charge >= 0.3 is 0 Å². The molecule has 0 saturated carbocycles. The van der Waals surface area contributed by atoms with Crippen LogP contribution in [0.3, 0.4) is 0 Å². The van der Waals surface area contributed by atoms with Crippen LogP contribution in [0.2, 0.25) is 0 Å². The Balaban J connectivity index is 1.71. The number of pyridine rings is 1. The molecular formula is C26H37NO3.